The maximum absolute atomic E-state index is 13.2. The minimum absolute atomic E-state index is 0.273. The summed E-state index contributed by atoms with van der Waals surface area (Å²) < 4.78 is 28.4. The molecule has 0 bridgehead atoms. The van der Waals surface area contributed by atoms with Crippen LogP contribution in [-0.2, 0) is 14.2 Å². The van der Waals surface area contributed by atoms with Gasteiger partial charge in [-0.25, -0.2) is 4.39 Å². The molecule has 0 spiro atoms. The molecule has 4 heteroatoms. The van der Waals surface area contributed by atoms with Gasteiger partial charge in [0.05, 0.1) is 12.7 Å². The quantitative estimate of drug-likeness (QED) is 0.639. The highest BCUT2D eigenvalue weighted by molar-refractivity contribution is 4.89. The predicted octanol–water partition coefficient (Wildman–Crippen LogP) is 0.773. The molecule has 0 aromatic carbocycles. The van der Waals surface area contributed by atoms with E-state index in [2.05, 4.69) is 0 Å². The highest BCUT2D eigenvalue weighted by atomic mass is 19.1. The third kappa shape index (κ3) is 1.76. The first kappa shape index (κ1) is 9.89. The lowest BCUT2D eigenvalue weighted by Gasteiger charge is -2.16. The molecule has 0 radical (unpaired) electrons. The number of halogens is 1. The average Bonchev–Trinajstić information content (AvgIpc) is 2.29. The van der Waals surface area contributed by atoms with Crippen molar-refractivity contribution in [1.29, 1.82) is 0 Å². The zero-order valence-corrected chi connectivity index (χ0v) is 7.62. The van der Waals surface area contributed by atoms with Crippen LogP contribution in [0.1, 0.15) is 6.92 Å². The Morgan fingerprint density at radius 1 is 1.42 bits per heavy atom. The van der Waals surface area contributed by atoms with E-state index < -0.39 is 18.4 Å². The van der Waals surface area contributed by atoms with Gasteiger partial charge in [-0.15, -0.1) is 0 Å². The molecule has 0 aromatic rings. The van der Waals surface area contributed by atoms with E-state index in [0.29, 0.717) is 6.61 Å². The van der Waals surface area contributed by atoms with Crippen LogP contribution in [-0.4, -0.2) is 45.3 Å². The smallest absolute Gasteiger partial charge is 0.154 e. The van der Waals surface area contributed by atoms with Gasteiger partial charge >= 0.3 is 0 Å². The Labute approximate surface area is 71.8 Å². The van der Waals surface area contributed by atoms with Gasteiger partial charge in [0.15, 0.2) is 6.17 Å². The van der Waals surface area contributed by atoms with Gasteiger partial charge in [0, 0.05) is 14.2 Å². The Balaban J connectivity index is 2.52. The fourth-order valence-corrected chi connectivity index (χ4v) is 1.48. The molecule has 0 aromatic heterocycles. The van der Waals surface area contributed by atoms with Crippen molar-refractivity contribution in [3.05, 3.63) is 0 Å². The van der Waals surface area contributed by atoms with E-state index in [1.165, 1.54) is 7.11 Å². The molecule has 0 amide bonds. The van der Waals surface area contributed by atoms with Crippen LogP contribution in [0.15, 0.2) is 0 Å². The Bertz CT molecular complexity index is 142. The van der Waals surface area contributed by atoms with Crippen LogP contribution in [0.25, 0.3) is 0 Å². The summed E-state index contributed by atoms with van der Waals surface area (Å²) in [5, 5.41) is 0. The summed E-state index contributed by atoms with van der Waals surface area (Å²) in [6.45, 7) is 2.08. The average molecular weight is 178 g/mol. The van der Waals surface area contributed by atoms with Crippen LogP contribution in [0.4, 0.5) is 4.39 Å². The Morgan fingerprint density at radius 2 is 2.08 bits per heavy atom. The third-order valence-electron chi connectivity index (χ3n) is 2.12. The molecule has 4 atom stereocenters. The van der Waals surface area contributed by atoms with E-state index in [1.807, 2.05) is 0 Å². The van der Waals surface area contributed by atoms with E-state index >= 15 is 0 Å². The minimum Gasteiger partial charge on any atom is -0.382 e. The maximum Gasteiger partial charge on any atom is 0.154 e. The number of hydrogen-bond acceptors (Lipinski definition) is 3. The molecule has 12 heavy (non-hydrogen) atoms. The normalized spacial score (nSPS) is 42.0. The summed E-state index contributed by atoms with van der Waals surface area (Å²) in [4.78, 5) is 0. The first-order valence-corrected chi connectivity index (χ1v) is 4.02. The summed E-state index contributed by atoms with van der Waals surface area (Å²) in [7, 11) is 3.05. The summed E-state index contributed by atoms with van der Waals surface area (Å²) in [5.74, 6) is 0. The topological polar surface area (TPSA) is 27.7 Å². The summed E-state index contributed by atoms with van der Waals surface area (Å²) >= 11 is 0. The second-order valence-electron chi connectivity index (χ2n) is 2.98. The van der Waals surface area contributed by atoms with Crippen LogP contribution >= 0.6 is 0 Å². The van der Waals surface area contributed by atoms with Crippen molar-refractivity contribution < 1.29 is 18.6 Å². The van der Waals surface area contributed by atoms with Crippen molar-refractivity contribution in [3.63, 3.8) is 0 Å². The monoisotopic (exact) mass is 178 g/mol. The molecule has 1 fully saturated rings. The van der Waals surface area contributed by atoms with Crippen LogP contribution in [0, 0.1) is 0 Å². The maximum atomic E-state index is 13.2. The van der Waals surface area contributed by atoms with Gasteiger partial charge in [-0.1, -0.05) is 0 Å². The zero-order chi connectivity index (χ0) is 9.14. The van der Waals surface area contributed by atoms with Gasteiger partial charge in [0.25, 0.3) is 0 Å². The lowest BCUT2D eigenvalue weighted by Crippen LogP contribution is -2.33. The van der Waals surface area contributed by atoms with Gasteiger partial charge in [-0.05, 0) is 6.92 Å². The molecule has 0 unspecified atom stereocenters. The molecule has 0 aliphatic carbocycles. The summed E-state index contributed by atoms with van der Waals surface area (Å²) in [6, 6.07) is 0. The predicted molar refractivity (Wildman–Crippen MR) is 41.9 cm³/mol. The second-order valence-corrected chi connectivity index (χ2v) is 2.98. The zero-order valence-electron chi connectivity index (χ0n) is 7.62. The first-order valence-electron chi connectivity index (χ1n) is 4.02. The standard InChI is InChI=1S/C8H15FO3/c1-5-7(9)8(11-3)6(12-5)4-10-2/h5-8H,4H2,1-3H3/t5-,6+,7-,8+/m0/s1. The van der Waals surface area contributed by atoms with Crippen LogP contribution in [0.2, 0.25) is 0 Å². The molecule has 0 saturated carbocycles. The lowest BCUT2D eigenvalue weighted by atomic mass is 10.1. The molecule has 1 rings (SSSR count). The molecule has 1 saturated heterocycles. The second kappa shape index (κ2) is 4.16. The van der Waals surface area contributed by atoms with Crippen molar-refractivity contribution in [2.24, 2.45) is 0 Å². The van der Waals surface area contributed by atoms with E-state index in [0.717, 1.165) is 0 Å². The van der Waals surface area contributed by atoms with Crippen molar-refractivity contribution >= 4 is 0 Å². The van der Waals surface area contributed by atoms with Crippen molar-refractivity contribution in [1.82, 2.24) is 0 Å². The molecular formula is C8H15FO3. The molecule has 1 aliphatic rings. The molecule has 1 aliphatic heterocycles. The third-order valence-corrected chi connectivity index (χ3v) is 2.12. The molecular weight excluding hydrogens is 163 g/mol. The van der Waals surface area contributed by atoms with E-state index in [-0.39, 0.29) is 6.10 Å². The number of methoxy groups -OCH3 is 2. The summed E-state index contributed by atoms with van der Waals surface area (Å²) in [6.07, 6.45) is -2.20. The number of rotatable bonds is 3. The van der Waals surface area contributed by atoms with Crippen molar-refractivity contribution in [3.8, 4) is 0 Å². The van der Waals surface area contributed by atoms with Gasteiger partial charge in [0.2, 0.25) is 0 Å². The SMILES string of the molecule is COC[C@H]1O[C@@H](C)[C@H](F)[C@@H]1OC. The molecule has 72 valence electrons. The summed E-state index contributed by atoms with van der Waals surface area (Å²) in [5.41, 5.74) is 0. The lowest BCUT2D eigenvalue weighted by molar-refractivity contribution is -0.0416. The number of alkyl halides is 1. The van der Waals surface area contributed by atoms with Crippen LogP contribution in [0.3, 0.4) is 0 Å². The van der Waals surface area contributed by atoms with Crippen molar-refractivity contribution in [2.45, 2.75) is 31.4 Å². The Kier molecular flexibility index (Phi) is 3.43. The number of ether oxygens (including phenoxy) is 3. The first-order chi connectivity index (χ1) is 5.70. The fraction of sp³-hybridized carbons (Fsp3) is 1.00. The molecule has 0 N–H and O–H groups in total. The highest BCUT2D eigenvalue weighted by Crippen LogP contribution is 2.25. The van der Waals surface area contributed by atoms with Gasteiger partial charge in [0.1, 0.15) is 12.2 Å². The largest absolute Gasteiger partial charge is 0.382 e. The fourth-order valence-electron chi connectivity index (χ4n) is 1.48. The van der Waals surface area contributed by atoms with Crippen molar-refractivity contribution in [2.75, 3.05) is 20.8 Å². The van der Waals surface area contributed by atoms with Crippen LogP contribution < -0.4 is 0 Å². The van der Waals surface area contributed by atoms with Gasteiger partial charge < -0.3 is 14.2 Å². The van der Waals surface area contributed by atoms with E-state index in [1.54, 1.807) is 14.0 Å². The molecule has 1 heterocycles. The van der Waals surface area contributed by atoms with Gasteiger partial charge in [-0.3, -0.25) is 0 Å². The minimum atomic E-state index is -1.05. The Hall–Kier alpha value is -0.190. The van der Waals surface area contributed by atoms with E-state index in [9.17, 15) is 4.39 Å². The van der Waals surface area contributed by atoms with Gasteiger partial charge in [-0.2, -0.15) is 0 Å². The highest BCUT2D eigenvalue weighted by Gasteiger charge is 2.42. The molecule has 3 nitrogen and oxygen atoms in total. The number of hydrogen-bond donors (Lipinski definition) is 0. The Morgan fingerprint density at radius 3 is 2.58 bits per heavy atom. The van der Waals surface area contributed by atoms with E-state index in [4.69, 9.17) is 14.2 Å². The van der Waals surface area contributed by atoms with Crippen LogP contribution in [0.5, 0.6) is 0 Å².